The normalized spacial score (nSPS) is 11.9. The minimum Gasteiger partial charge on any atom is -0.378 e. The summed E-state index contributed by atoms with van der Waals surface area (Å²) >= 11 is 0. The minimum atomic E-state index is -1.14. The minimum absolute atomic E-state index is 0.379. The van der Waals surface area contributed by atoms with Crippen molar-refractivity contribution in [2.75, 3.05) is 0 Å². The number of hydrogen-bond donors (Lipinski definition) is 2. The highest BCUT2D eigenvalue weighted by Gasteiger charge is 2.16. The van der Waals surface area contributed by atoms with Crippen molar-refractivity contribution in [2.45, 2.75) is 19.6 Å². The molecule has 0 aliphatic carbocycles. The highest BCUT2D eigenvalue weighted by Crippen LogP contribution is 2.13. The van der Waals surface area contributed by atoms with Gasteiger partial charge in [-0.05, 0) is 30.2 Å². The second-order valence-electron chi connectivity index (χ2n) is 4.39. The molecule has 1 amide bonds. The van der Waals surface area contributed by atoms with Gasteiger partial charge in [-0.25, -0.2) is 0 Å². The van der Waals surface area contributed by atoms with E-state index in [1.165, 1.54) is 0 Å². The standard InChI is InChI=1S/C15H16N2O2/c1-11-2-4-13(5-3-11)14(18)15(19)17-10-12-6-8-16-9-7-12/h2-9,14,18H,10H2,1H3,(H,17,19). The fourth-order valence-corrected chi connectivity index (χ4v) is 1.69. The molecule has 0 radical (unpaired) electrons. The molecule has 1 heterocycles. The molecule has 0 spiro atoms. The summed E-state index contributed by atoms with van der Waals surface area (Å²) in [7, 11) is 0. The van der Waals surface area contributed by atoms with Crippen molar-refractivity contribution in [3.8, 4) is 0 Å². The molecule has 4 nitrogen and oxygen atoms in total. The topological polar surface area (TPSA) is 62.2 Å². The third-order valence-corrected chi connectivity index (χ3v) is 2.86. The van der Waals surface area contributed by atoms with Crippen LogP contribution in [0.2, 0.25) is 0 Å². The molecule has 0 fully saturated rings. The molecule has 1 unspecified atom stereocenters. The maximum atomic E-state index is 11.8. The molecule has 19 heavy (non-hydrogen) atoms. The summed E-state index contributed by atoms with van der Waals surface area (Å²) < 4.78 is 0. The lowest BCUT2D eigenvalue weighted by Gasteiger charge is -2.12. The molecule has 1 aromatic carbocycles. The van der Waals surface area contributed by atoms with E-state index in [2.05, 4.69) is 10.3 Å². The van der Waals surface area contributed by atoms with Crippen molar-refractivity contribution in [2.24, 2.45) is 0 Å². The molecule has 0 bridgehead atoms. The number of benzene rings is 1. The number of rotatable bonds is 4. The van der Waals surface area contributed by atoms with Gasteiger partial charge < -0.3 is 10.4 Å². The van der Waals surface area contributed by atoms with Crippen LogP contribution in [0.3, 0.4) is 0 Å². The van der Waals surface area contributed by atoms with E-state index >= 15 is 0 Å². The van der Waals surface area contributed by atoms with Crippen LogP contribution in [0.5, 0.6) is 0 Å². The molecule has 2 N–H and O–H groups in total. The highest BCUT2D eigenvalue weighted by molar-refractivity contribution is 5.81. The lowest BCUT2D eigenvalue weighted by molar-refractivity contribution is -0.129. The fraction of sp³-hybridized carbons (Fsp3) is 0.200. The van der Waals surface area contributed by atoms with Crippen LogP contribution in [-0.4, -0.2) is 16.0 Å². The summed E-state index contributed by atoms with van der Waals surface area (Å²) in [5, 5.41) is 12.6. The molecule has 1 aromatic heterocycles. The zero-order valence-corrected chi connectivity index (χ0v) is 10.7. The lowest BCUT2D eigenvalue weighted by atomic mass is 10.1. The van der Waals surface area contributed by atoms with Crippen molar-refractivity contribution < 1.29 is 9.90 Å². The van der Waals surface area contributed by atoms with E-state index in [9.17, 15) is 9.90 Å². The summed E-state index contributed by atoms with van der Waals surface area (Å²) in [5.74, 6) is -0.402. The van der Waals surface area contributed by atoms with Gasteiger partial charge in [0.1, 0.15) is 0 Å². The number of amides is 1. The van der Waals surface area contributed by atoms with Gasteiger partial charge in [-0.1, -0.05) is 29.8 Å². The number of nitrogens with one attached hydrogen (secondary N) is 1. The van der Waals surface area contributed by atoms with Crippen molar-refractivity contribution in [3.63, 3.8) is 0 Å². The molecular weight excluding hydrogens is 240 g/mol. The smallest absolute Gasteiger partial charge is 0.253 e. The first-order chi connectivity index (χ1) is 9.16. The Balaban J connectivity index is 1.94. The summed E-state index contributed by atoms with van der Waals surface area (Å²) in [6.45, 7) is 2.34. The average Bonchev–Trinajstić information content (AvgIpc) is 2.46. The maximum absolute atomic E-state index is 11.8. The first-order valence-electron chi connectivity index (χ1n) is 6.08. The number of pyridine rings is 1. The van der Waals surface area contributed by atoms with E-state index in [1.807, 2.05) is 31.2 Å². The first-order valence-corrected chi connectivity index (χ1v) is 6.08. The zero-order valence-electron chi connectivity index (χ0n) is 10.7. The third kappa shape index (κ3) is 3.63. The Kier molecular flexibility index (Phi) is 4.26. The number of carbonyl (C=O) groups is 1. The van der Waals surface area contributed by atoms with E-state index in [-0.39, 0.29) is 0 Å². The van der Waals surface area contributed by atoms with Crippen LogP contribution in [-0.2, 0) is 11.3 Å². The Morgan fingerprint density at radius 2 is 1.84 bits per heavy atom. The number of hydrogen-bond acceptors (Lipinski definition) is 3. The van der Waals surface area contributed by atoms with Crippen LogP contribution in [0, 0.1) is 6.92 Å². The molecule has 4 heteroatoms. The molecule has 0 aliphatic rings. The van der Waals surface area contributed by atoms with E-state index in [4.69, 9.17) is 0 Å². The van der Waals surface area contributed by atoms with E-state index in [0.717, 1.165) is 11.1 Å². The maximum Gasteiger partial charge on any atom is 0.253 e. The molecule has 2 rings (SSSR count). The first kappa shape index (κ1) is 13.2. The summed E-state index contributed by atoms with van der Waals surface area (Å²) in [5.41, 5.74) is 2.63. The Labute approximate surface area is 112 Å². The Morgan fingerprint density at radius 1 is 1.21 bits per heavy atom. The predicted molar refractivity (Wildman–Crippen MR) is 72.2 cm³/mol. The molecule has 0 saturated heterocycles. The fourth-order valence-electron chi connectivity index (χ4n) is 1.69. The molecule has 0 saturated carbocycles. The lowest BCUT2D eigenvalue weighted by Crippen LogP contribution is -2.28. The van der Waals surface area contributed by atoms with Crippen molar-refractivity contribution in [1.29, 1.82) is 0 Å². The van der Waals surface area contributed by atoms with Gasteiger partial charge in [-0.15, -0.1) is 0 Å². The largest absolute Gasteiger partial charge is 0.378 e. The number of carbonyl (C=O) groups excluding carboxylic acids is 1. The van der Waals surface area contributed by atoms with Gasteiger partial charge in [0.25, 0.3) is 5.91 Å². The van der Waals surface area contributed by atoms with E-state index < -0.39 is 12.0 Å². The summed E-state index contributed by atoms with van der Waals surface area (Å²) in [4.78, 5) is 15.7. The Hall–Kier alpha value is -2.20. The van der Waals surface area contributed by atoms with Crippen molar-refractivity contribution in [1.82, 2.24) is 10.3 Å². The average molecular weight is 256 g/mol. The van der Waals surface area contributed by atoms with Gasteiger partial charge >= 0.3 is 0 Å². The van der Waals surface area contributed by atoms with Gasteiger partial charge in [0.2, 0.25) is 0 Å². The van der Waals surface area contributed by atoms with Crippen LogP contribution < -0.4 is 5.32 Å². The van der Waals surface area contributed by atoms with Gasteiger partial charge in [0, 0.05) is 18.9 Å². The quantitative estimate of drug-likeness (QED) is 0.876. The molecular formula is C15H16N2O2. The monoisotopic (exact) mass is 256 g/mol. The predicted octanol–water partition coefficient (Wildman–Crippen LogP) is 1.74. The number of aromatic nitrogens is 1. The van der Waals surface area contributed by atoms with Crippen LogP contribution in [0.25, 0.3) is 0 Å². The number of aryl methyl sites for hydroxylation is 1. The van der Waals surface area contributed by atoms with Gasteiger partial charge in [-0.3, -0.25) is 9.78 Å². The Morgan fingerprint density at radius 3 is 2.47 bits per heavy atom. The third-order valence-electron chi connectivity index (χ3n) is 2.86. The molecule has 2 aromatic rings. The molecule has 1 atom stereocenters. The van der Waals surface area contributed by atoms with Gasteiger partial charge in [0.15, 0.2) is 6.10 Å². The number of nitrogens with zero attached hydrogens (tertiary/aromatic N) is 1. The molecule has 98 valence electrons. The van der Waals surface area contributed by atoms with Crippen molar-refractivity contribution >= 4 is 5.91 Å². The highest BCUT2D eigenvalue weighted by atomic mass is 16.3. The second kappa shape index (κ2) is 6.11. The van der Waals surface area contributed by atoms with Crippen LogP contribution in [0.15, 0.2) is 48.8 Å². The van der Waals surface area contributed by atoms with E-state index in [0.29, 0.717) is 12.1 Å². The second-order valence-corrected chi connectivity index (χ2v) is 4.39. The summed E-state index contributed by atoms with van der Waals surface area (Å²) in [6.07, 6.45) is 2.19. The van der Waals surface area contributed by atoms with Crippen LogP contribution in [0.1, 0.15) is 22.8 Å². The van der Waals surface area contributed by atoms with Crippen LogP contribution in [0.4, 0.5) is 0 Å². The van der Waals surface area contributed by atoms with Gasteiger partial charge in [-0.2, -0.15) is 0 Å². The van der Waals surface area contributed by atoms with Gasteiger partial charge in [0.05, 0.1) is 0 Å². The number of aliphatic hydroxyl groups excluding tert-OH is 1. The number of aliphatic hydroxyl groups is 1. The zero-order chi connectivity index (χ0) is 13.7. The summed E-state index contributed by atoms with van der Waals surface area (Å²) in [6, 6.07) is 10.9. The van der Waals surface area contributed by atoms with E-state index in [1.54, 1.807) is 24.5 Å². The van der Waals surface area contributed by atoms with Crippen molar-refractivity contribution in [3.05, 3.63) is 65.5 Å². The Bertz CT molecular complexity index is 538. The SMILES string of the molecule is Cc1ccc(C(O)C(=O)NCc2ccncc2)cc1. The van der Waals surface area contributed by atoms with Crippen LogP contribution >= 0.6 is 0 Å². The molecule has 0 aliphatic heterocycles.